The number of furan rings is 1. The molecule has 2 aromatic heterocycles. The summed E-state index contributed by atoms with van der Waals surface area (Å²) in [6.07, 6.45) is 0. The van der Waals surface area contributed by atoms with E-state index in [1.54, 1.807) is 0 Å². The average molecular weight is 770 g/mol. The highest BCUT2D eigenvalue weighted by atomic mass is 32.1. The number of thiophene rings is 1. The van der Waals surface area contributed by atoms with E-state index in [1.165, 1.54) is 52.8 Å². The molecule has 0 saturated carbocycles. The fourth-order valence-electron chi connectivity index (χ4n) is 9.16. The highest BCUT2D eigenvalue weighted by Gasteiger charge is 2.22. The number of hydrogen-bond acceptors (Lipinski definition) is 3. The summed E-state index contributed by atoms with van der Waals surface area (Å²) < 4.78 is 9.21. The largest absolute Gasteiger partial charge is 0.455 e. The molecule has 59 heavy (non-hydrogen) atoms. The summed E-state index contributed by atoms with van der Waals surface area (Å²) in [5, 5.41) is 9.75. The van der Waals surface area contributed by atoms with Gasteiger partial charge in [0.25, 0.3) is 0 Å². The Morgan fingerprint density at radius 1 is 0.339 bits per heavy atom. The Morgan fingerprint density at radius 2 is 0.932 bits per heavy atom. The smallest absolute Gasteiger partial charge is 0.143 e. The zero-order valence-electron chi connectivity index (χ0n) is 32.0. The van der Waals surface area contributed by atoms with Crippen LogP contribution in [0, 0.1) is 0 Å². The summed E-state index contributed by atoms with van der Waals surface area (Å²) in [4.78, 5) is 2.47. The molecule has 0 saturated heterocycles. The molecular formula is C56H35NOS. The maximum absolute atomic E-state index is 6.64. The predicted molar refractivity (Wildman–Crippen MR) is 253 cm³/mol. The quantitative estimate of drug-likeness (QED) is 0.157. The van der Waals surface area contributed by atoms with Crippen LogP contribution < -0.4 is 4.90 Å². The van der Waals surface area contributed by atoms with Gasteiger partial charge in [-0.15, -0.1) is 11.3 Å². The third kappa shape index (κ3) is 5.40. The Kier molecular flexibility index (Phi) is 7.75. The molecule has 0 aliphatic heterocycles. The topological polar surface area (TPSA) is 16.4 Å². The molecule has 10 aromatic carbocycles. The minimum absolute atomic E-state index is 0.894. The van der Waals surface area contributed by atoms with Crippen molar-refractivity contribution in [3.63, 3.8) is 0 Å². The van der Waals surface area contributed by atoms with Crippen molar-refractivity contribution in [3.8, 4) is 33.4 Å². The molecular weight excluding hydrogens is 735 g/mol. The molecule has 0 amide bonds. The molecule has 0 unspecified atom stereocenters. The molecule has 0 radical (unpaired) electrons. The first-order chi connectivity index (χ1) is 29.3. The zero-order valence-corrected chi connectivity index (χ0v) is 32.8. The summed E-state index contributed by atoms with van der Waals surface area (Å²) >= 11 is 1.89. The standard InChI is InChI=1S/C56H35NOS/c1-3-14-36(15-4-1)43-35-34-42(53-49-20-9-10-27-52(49)58-54(43)53)39-28-31-40(32-29-39)57(50-25-12-22-45-41-19-8-7-18-38(41)30-33-46(45)50)51-26-13-24-48-47-23-11-21-44(55(47)59-56(48)51)37-16-5-2-6-17-37/h1-35H. The van der Waals surface area contributed by atoms with E-state index in [1.807, 2.05) is 17.4 Å². The predicted octanol–water partition coefficient (Wildman–Crippen LogP) is 16.7. The first-order valence-corrected chi connectivity index (χ1v) is 20.9. The number of nitrogens with zero attached hydrogens (tertiary/aromatic N) is 1. The maximum atomic E-state index is 6.64. The van der Waals surface area contributed by atoms with Crippen molar-refractivity contribution >= 4 is 92.1 Å². The van der Waals surface area contributed by atoms with Crippen molar-refractivity contribution in [1.82, 2.24) is 0 Å². The fraction of sp³-hybridized carbons (Fsp3) is 0. The molecule has 0 aliphatic rings. The van der Waals surface area contributed by atoms with Gasteiger partial charge < -0.3 is 9.32 Å². The highest BCUT2D eigenvalue weighted by Crippen LogP contribution is 2.49. The van der Waals surface area contributed by atoms with E-state index in [-0.39, 0.29) is 0 Å². The zero-order chi connectivity index (χ0) is 38.9. The van der Waals surface area contributed by atoms with E-state index in [9.17, 15) is 0 Å². The van der Waals surface area contributed by atoms with Gasteiger partial charge in [0.1, 0.15) is 11.2 Å². The summed E-state index contributed by atoms with van der Waals surface area (Å²) in [5.41, 5.74) is 12.2. The van der Waals surface area contributed by atoms with Gasteiger partial charge in [-0.1, -0.05) is 176 Å². The van der Waals surface area contributed by atoms with Crippen LogP contribution in [-0.4, -0.2) is 0 Å². The van der Waals surface area contributed by atoms with Crippen LogP contribution in [-0.2, 0) is 0 Å². The molecule has 2 heterocycles. The van der Waals surface area contributed by atoms with Gasteiger partial charge in [0.05, 0.1) is 16.1 Å². The number of para-hydroxylation sites is 1. The highest BCUT2D eigenvalue weighted by molar-refractivity contribution is 7.27. The SMILES string of the molecule is c1ccc(-c2ccc(-c3ccc(N(c4cccc5c4ccc4ccccc45)c4cccc5c4sc4c(-c6ccccc6)cccc45)cc3)c3c2oc2ccccc23)cc1. The van der Waals surface area contributed by atoms with Gasteiger partial charge in [-0.25, -0.2) is 0 Å². The van der Waals surface area contributed by atoms with Crippen molar-refractivity contribution in [2.24, 2.45) is 0 Å². The molecule has 0 spiro atoms. The molecule has 12 aromatic rings. The Bertz CT molecular complexity index is 3550. The van der Waals surface area contributed by atoms with Crippen LogP contribution in [0.5, 0.6) is 0 Å². The number of rotatable bonds is 6. The van der Waals surface area contributed by atoms with Gasteiger partial charge in [-0.05, 0) is 80.4 Å². The summed E-state index contributed by atoms with van der Waals surface area (Å²) in [5.74, 6) is 0. The lowest BCUT2D eigenvalue weighted by Crippen LogP contribution is -2.10. The first kappa shape index (κ1) is 33.7. The third-order valence-electron chi connectivity index (χ3n) is 11.9. The maximum Gasteiger partial charge on any atom is 0.143 e. The van der Waals surface area contributed by atoms with Gasteiger partial charge in [0.2, 0.25) is 0 Å². The number of hydrogen-bond donors (Lipinski definition) is 0. The average Bonchev–Trinajstić information content (AvgIpc) is 3.90. The third-order valence-corrected chi connectivity index (χ3v) is 13.2. The van der Waals surface area contributed by atoms with E-state index in [0.29, 0.717) is 0 Å². The number of fused-ring (bicyclic) bond motifs is 9. The van der Waals surface area contributed by atoms with Crippen molar-refractivity contribution in [2.75, 3.05) is 4.90 Å². The van der Waals surface area contributed by atoms with E-state index >= 15 is 0 Å². The van der Waals surface area contributed by atoms with E-state index in [0.717, 1.165) is 61.3 Å². The molecule has 0 atom stereocenters. The minimum atomic E-state index is 0.894. The molecule has 0 bridgehead atoms. The summed E-state index contributed by atoms with van der Waals surface area (Å²) in [6, 6.07) is 76.8. The number of anilines is 3. The Balaban J connectivity index is 1.08. The fourth-order valence-corrected chi connectivity index (χ4v) is 10.5. The lowest BCUT2D eigenvalue weighted by molar-refractivity contribution is 0.670. The lowest BCUT2D eigenvalue weighted by Gasteiger charge is -2.28. The van der Waals surface area contributed by atoms with E-state index in [2.05, 4.69) is 211 Å². The van der Waals surface area contributed by atoms with E-state index in [4.69, 9.17) is 4.42 Å². The van der Waals surface area contributed by atoms with Crippen LogP contribution in [0.4, 0.5) is 17.1 Å². The second kappa shape index (κ2) is 13.6. The van der Waals surface area contributed by atoms with Crippen LogP contribution in [0.3, 0.4) is 0 Å². The van der Waals surface area contributed by atoms with Gasteiger partial charge in [0.15, 0.2) is 0 Å². The molecule has 0 aliphatic carbocycles. The summed E-state index contributed by atoms with van der Waals surface area (Å²) in [7, 11) is 0. The van der Waals surface area contributed by atoms with Gasteiger partial charge in [-0.3, -0.25) is 0 Å². The van der Waals surface area contributed by atoms with Crippen LogP contribution in [0.15, 0.2) is 217 Å². The minimum Gasteiger partial charge on any atom is -0.455 e. The van der Waals surface area contributed by atoms with Crippen LogP contribution in [0.2, 0.25) is 0 Å². The lowest BCUT2D eigenvalue weighted by atomic mass is 9.94. The second-order valence-corrected chi connectivity index (χ2v) is 16.2. The molecule has 12 rings (SSSR count). The molecule has 0 fully saturated rings. The second-order valence-electron chi connectivity index (χ2n) is 15.2. The van der Waals surface area contributed by atoms with E-state index < -0.39 is 0 Å². The first-order valence-electron chi connectivity index (χ1n) is 20.1. The van der Waals surface area contributed by atoms with Crippen LogP contribution >= 0.6 is 11.3 Å². The van der Waals surface area contributed by atoms with Crippen LogP contribution in [0.1, 0.15) is 0 Å². The Labute approximate surface area is 345 Å². The monoisotopic (exact) mass is 769 g/mol. The molecule has 0 N–H and O–H groups in total. The molecule has 3 heteroatoms. The molecule has 2 nitrogen and oxygen atoms in total. The van der Waals surface area contributed by atoms with Crippen molar-refractivity contribution in [1.29, 1.82) is 0 Å². The van der Waals surface area contributed by atoms with Gasteiger partial charge in [-0.2, -0.15) is 0 Å². The van der Waals surface area contributed by atoms with Crippen molar-refractivity contribution in [3.05, 3.63) is 212 Å². The van der Waals surface area contributed by atoms with Gasteiger partial charge in [0, 0.05) is 42.9 Å². The molecule has 276 valence electrons. The number of benzene rings is 10. The van der Waals surface area contributed by atoms with Crippen molar-refractivity contribution in [2.45, 2.75) is 0 Å². The summed E-state index contributed by atoms with van der Waals surface area (Å²) in [6.45, 7) is 0. The Hall–Kier alpha value is -7.46. The Morgan fingerprint density at radius 3 is 1.73 bits per heavy atom. The van der Waals surface area contributed by atoms with Gasteiger partial charge >= 0.3 is 0 Å². The van der Waals surface area contributed by atoms with Crippen molar-refractivity contribution < 1.29 is 4.42 Å². The van der Waals surface area contributed by atoms with Crippen LogP contribution in [0.25, 0.3) is 97.0 Å². The normalized spacial score (nSPS) is 11.7.